The third-order valence-corrected chi connectivity index (χ3v) is 3.42. The Morgan fingerprint density at radius 2 is 1.61 bits per heavy atom. The normalized spacial score (nSPS) is 10.8. The second kappa shape index (κ2) is 6.31. The lowest BCUT2D eigenvalue weighted by Crippen LogP contribution is -1.80. The molecule has 0 aromatic heterocycles. The van der Waals surface area contributed by atoms with E-state index in [0.29, 0.717) is 0 Å². The Hall–Kier alpha value is -1.67. The third kappa shape index (κ3) is 3.67. The standard InChI is InChI=1S/C16H16OS/c1-13-3-5-14(6-4-13)11-12-18-16-9-7-15(17-2)8-10-16/h3-12H,1-2H3/b12-11+. The average Bonchev–Trinajstić information content (AvgIpc) is 2.42. The fourth-order valence-corrected chi connectivity index (χ4v) is 2.20. The molecule has 0 saturated carbocycles. The Kier molecular flexibility index (Phi) is 4.48. The lowest BCUT2D eigenvalue weighted by molar-refractivity contribution is 0.414. The number of aryl methyl sites for hydroxylation is 1. The van der Waals surface area contributed by atoms with Crippen molar-refractivity contribution in [1.29, 1.82) is 0 Å². The van der Waals surface area contributed by atoms with E-state index in [1.54, 1.807) is 18.9 Å². The van der Waals surface area contributed by atoms with Crippen molar-refractivity contribution in [2.24, 2.45) is 0 Å². The molecule has 0 N–H and O–H groups in total. The molecule has 2 aromatic rings. The van der Waals surface area contributed by atoms with Gasteiger partial charge in [-0.1, -0.05) is 41.6 Å². The van der Waals surface area contributed by atoms with Crippen LogP contribution in [0.3, 0.4) is 0 Å². The molecule has 2 rings (SSSR count). The van der Waals surface area contributed by atoms with Gasteiger partial charge in [-0.25, -0.2) is 0 Å². The van der Waals surface area contributed by atoms with Crippen LogP contribution in [0.25, 0.3) is 6.08 Å². The Labute approximate surface area is 112 Å². The van der Waals surface area contributed by atoms with Crippen molar-refractivity contribution in [2.75, 3.05) is 7.11 Å². The lowest BCUT2D eigenvalue weighted by atomic mass is 10.2. The smallest absolute Gasteiger partial charge is 0.118 e. The van der Waals surface area contributed by atoms with Gasteiger partial charge in [-0.2, -0.15) is 0 Å². The van der Waals surface area contributed by atoms with Crippen molar-refractivity contribution in [2.45, 2.75) is 11.8 Å². The first-order valence-corrected chi connectivity index (χ1v) is 6.70. The molecular formula is C16H16OS. The third-order valence-electron chi connectivity index (χ3n) is 2.60. The van der Waals surface area contributed by atoms with Crippen LogP contribution < -0.4 is 4.74 Å². The fourth-order valence-electron chi connectivity index (χ4n) is 1.52. The summed E-state index contributed by atoms with van der Waals surface area (Å²) in [7, 11) is 1.68. The first-order chi connectivity index (χ1) is 8.78. The van der Waals surface area contributed by atoms with E-state index in [1.165, 1.54) is 16.0 Å². The Balaban J connectivity index is 1.95. The molecule has 0 radical (unpaired) electrons. The zero-order chi connectivity index (χ0) is 12.8. The maximum absolute atomic E-state index is 5.13. The van der Waals surface area contributed by atoms with Gasteiger partial charge in [0.25, 0.3) is 0 Å². The second-order valence-corrected chi connectivity index (χ2v) is 4.99. The summed E-state index contributed by atoms with van der Waals surface area (Å²) in [5.41, 5.74) is 2.51. The highest BCUT2D eigenvalue weighted by Crippen LogP contribution is 2.23. The van der Waals surface area contributed by atoms with E-state index in [2.05, 4.69) is 54.8 Å². The summed E-state index contributed by atoms with van der Waals surface area (Å²) in [5.74, 6) is 0.891. The van der Waals surface area contributed by atoms with Crippen LogP contribution in [0.4, 0.5) is 0 Å². The molecule has 0 aliphatic heterocycles. The molecule has 0 fully saturated rings. The second-order valence-electron chi connectivity index (χ2n) is 4.01. The van der Waals surface area contributed by atoms with Crippen LogP contribution in [0.1, 0.15) is 11.1 Å². The fraction of sp³-hybridized carbons (Fsp3) is 0.125. The molecule has 0 aliphatic carbocycles. The molecule has 0 unspecified atom stereocenters. The molecule has 0 spiro atoms. The van der Waals surface area contributed by atoms with Crippen molar-refractivity contribution in [3.63, 3.8) is 0 Å². The molecule has 2 aromatic carbocycles. The number of ether oxygens (including phenoxy) is 1. The van der Waals surface area contributed by atoms with Crippen LogP contribution in [0, 0.1) is 6.92 Å². The molecule has 0 saturated heterocycles. The minimum Gasteiger partial charge on any atom is -0.497 e. The van der Waals surface area contributed by atoms with Gasteiger partial charge in [0, 0.05) is 4.90 Å². The molecule has 1 nitrogen and oxygen atoms in total. The average molecular weight is 256 g/mol. The first kappa shape index (κ1) is 12.8. The van der Waals surface area contributed by atoms with Crippen LogP contribution in [0.5, 0.6) is 5.75 Å². The molecule has 0 bridgehead atoms. The largest absolute Gasteiger partial charge is 0.497 e. The summed E-state index contributed by atoms with van der Waals surface area (Å²) in [6.07, 6.45) is 2.12. The number of thioether (sulfide) groups is 1. The van der Waals surface area contributed by atoms with Crippen molar-refractivity contribution in [3.05, 3.63) is 65.1 Å². The summed E-state index contributed by atoms with van der Waals surface area (Å²) < 4.78 is 5.13. The van der Waals surface area contributed by atoms with Crippen molar-refractivity contribution in [1.82, 2.24) is 0 Å². The molecule has 0 heterocycles. The number of benzene rings is 2. The van der Waals surface area contributed by atoms with Gasteiger partial charge in [-0.3, -0.25) is 0 Å². The van der Waals surface area contributed by atoms with E-state index in [9.17, 15) is 0 Å². The van der Waals surface area contributed by atoms with Crippen LogP contribution in [0.15, 0.2) is 58.8 Å². The summed E-state index contributed by atoms with van der Waals surface area (Å²) >= 11 is 1.70. The Morgan fingerprint density at radius 1 is 0.944 bits per heavy atom. The zero-order valence-corrected chi connectivity index (χ0v) is 11.4. The molecule has 0 aliphatic rings. The molecule has 0 atom stereocenters. The predicted octanol–water partition coefficient (Wildman–Crippen LogP) is 4.77. The van der Waals surface area contributed by atoms with Gasteiger partial charge < -0.3 is 4.74 Å². The van der Waals surface area contributed by atoms with Crippen LogP contribution in [-0.2, 0) is 0 Å². The molecular weight excluding hydrogens is 240 g/mol. The van der Waals surface area contributed by atoms with Gasteiger partial charge in [0.15, 0.2) is 0 Å². The lowest BCUT2D eigenvalue weighted by Gasteiger charge is -2.00. The summed E-state index contributed by atoms with van der Waals surface area (Å²) in [6, 6.07) is 16.6. The number of hydrogen-bond donors (Lipinski definition) is 0. The van der Waals surface area contributed by atoms with E-state index in [1.807, 2.05) is 12.1 Å². The van der Waals surface area contributed by atoms with Crippen molar-refractivity contribution in [3.8, 4) is 5.75 Å². The number of hydrogen-bond acceptors (Lipinski definition) is 2. The van der Waals surface area contributed by atoms with Crippen molar-refractivity contribution >= 4 is 17.8 Å². The quantitative estimate of drug-likeness (QED) is 0.729. The van der Waals surface area contributed by atoms with Gasteiger partial charge >= 0.3 is 0 Å². The monoisotopic (exact) mass is 256 g/mol. The van der Waals surface area contributed by atoms with E-state index in [4.69, 9.17) is 4.74 Å². The molecule has 0 amide bonds. The van der Waals surface area contributed by atoms with Gasteiger partial charge in [-0.15, -0.1) is 0 Å². The minimum absolute atomic E-state index is 0.891. The molecule has 92 valence electrons. The van der Waals surface area contributed by atoms with E-state index in [0.717, 1.165) is 5.75 Å². The highest BCUT2D eigenvalue weighted by molar-refractivity contribution is 8.02. The van der Waals surface area contributed by atoms with Crippen LogP contribution >= 0.6 is 11.8 Å². The summed E-state index contributed by atoms with van der Waals surface area (Å²) in [6.45, 7) is 2.10. The summed E-state index contributed by atoms with van der Waals surface area (Å²) in [5, 5.41) is 2.10. The minimum atomic E-state index is 0.891. The maximum Gasteiger partial charge on any atom is 0.118 e. The number of rotatable bonds is 4. The highest BCUT2D eigenvalue weighted by atomic mass is 32.2. The predicted molar refractivity (Wildman–Crippen MR) is 79.1 cm³/mol. The van der Waals surface area contributed by atoms with E-state index < -0.39 is 0 Å². The highest BCUT2D eigenvalue weighted by Gasteiger charge is 1.92. The Morgan fingerprint density at radius 3 is 2.22 bits per heavy atom. The molecule has 2 heteroatoms. The summed E-state index contributed by atoms with van der Waals surface area (Å²) in [4.78, 5) is 1.21. The number of methoxy groups -OCH3 is 1. The van der Waals surface area contributed by atoms with Crippen LogP contribution in [-0.4, -0.2) is 7.11 Å². The zero-order valence-electron chi connectivity index (χ0n) is 10.6. The van der Waals surface area contributed by atoms with E-state index >= 15 is 0 Å². The van der Waals surface area contributed by atoms with E-state index in [-0.39, 0.29) is 0 Å². The maximum atomic E-state index is 5.13. The van der Waals surface area contributed by atoms with Crippen molar-refractivity contribution < 1.29 is 4.74 Å². The first-order valence-electron chi connectivity index (χ1n) is 5.82. The van der Waals surface area contributed by atoms with Gasteiger partial charge in [-0.05, 0) is 48.2 Å². The Bertz CT molecular complexity index is 512. The SMILES string of the molecule is COc1ccc(S/C=C/c2ccc(C)cc2)cc1. The van der Waals surface area contributed by atoms with Crippen LogP contribution in [0.2, 0.25) is 0 Å². The topological polar surface area (TPSA) is 9.23 Å². The molecule has 18 heavy (non-hydrogen) atoms. The van der Waals surface area contributed by atoms with Gasteiger partial charge in [0.05, 0.1) is 7.11 Å². The van der Waals surface area contributed by atoms with Gasteiger partial charge in [0.1, 0.15) is 5.75 Å². The van der Waals surface area contributed by atoms with Gasteiger partial charge in [0.2, 0.25) is 0 Å².